The third-order valence-electron chi connectivity index (χ3n) is 6.53. The molecule has 3 heterocycles. The van der Waals surface area contributed by atoms with Crippen molar-refractivity contribution in [1.82, 2.24) is 30.0 Å². The first kappa shape index (κ1) is 19.8. The van der Waals surface area contributed by atoms with E-state index in [0.717, 1.165) is 32.1 Å². The molecule has 3 aliphatic rings. The first-order chi connectivity index (χ1) is 15.2. The molecule has 1 saturated heterocycles. The van der Waals surface area contributed by atoms with Crippen LogP contribution in [0.4, 0.5) is 0 Å². The molecule has 1 aromatic carbocycles. The highest BCUT2D eigenvalue weighted by molar-refractivity contribution is 5.85. The summed E-state index contributed by atoms with van der Waals surface area (Å²) in [7, 11) is 0. The zero-order valence-corrected chi connectivity index (χ0v) is 17.4. The van der Waals surface area contributed by atoms with Crippen molar-refractivity contribution in [2.45, 2.75) is 43.7 Å². The molecular formula is C21H26N6O4. The summed E-state index contributed by atoms with van der Waals surface area (Å²) in [5.41, 5.74) is -0.710. The van der Waals surface area contributed by atoms with Crippen LogP contribution in [0.25, 0.3) is 0 Å². The van der Waals surface area contributed by atoms with Gasteiger partial charge in [-0.25, -0.2) is 4.68 Å². The molecule has 1 aromatic heterocycles. The summed E-state index contributed by atoms with van der Waals surface area (Å²) in [4.78, 5) is 30.1. The number of tetrazole rings is 1. The van der Waals surface area contributed by atoms with Gasteiger partial charge < -0.3 is 19.3 Å². The summed E-state index contributed by atoms with van der Waals surface area (Å²) in [5, 5.41) is 11.6. The molecule has 1 aliphatic carbocycles. The van der Waals surface area contributed by atoms with Gasteiger partial charge in [-0.2, -0.15) is 0 Å². The summed E-state index contributed by atoms with van der Waals surface area (Å²) < 4.78 is 13.2. The highest BCUT2D eigenvalue weighted by Gasteiger charge is 2.46. The molecule has 2 aliphatic heterocycles. The molecule has 0 N–H and O–H groups in total. The second kappa shape index (κ2) is 8.16. The second-order valence-electron chi connectivity index (χ2n) is 8.33. The predicted octanol–water partition coefficient (Wildman–Crippen LogP) is 0.843. The first-order valence-electron chi connectivity index (χ1n) is 10.9. The average molecular weight is 426 g/mol. The summed E-state index contributed by atoms with van der Waals surface area (Å²) in [6, 6.07) is 7.35. The number of amides is 2. The zero-order chi connectivity index (χ0) is 21.3. The minimum absolute atomic E-state index is 0.0535. The predicted molar refractivity (Wildman–Crippen MR) is 108 cm³/mol. The Morgan fingerprint density at radius 2 is 1.68 bits per heavy atom. The van der Waals surface area contributed by atoms with Crippen LogP contribution >= 0.6 is 0 Å². The lowest BCUT2D eigenvalue weighted by molar-refractivity contribution is -0.151. The molecule has 164 valence electrons. The minimum atomic E-state index is -0.710. The summed E-state index contributed by atoms with van der Waals surface area (Å²) in [5.74, 6) is 1.19. The number of fused-ring (bicyclic) bond motifs is 1. The van der Waals surface area contributed by atoms with E-state index in [1.54, 1.807) is 22.0 Å². The Morgan fingerprint density at radius 1 is 0.968 bits per heavy atom. The van der Waals surface area contributed by atoms with Crippen LogP contribution in [0.2, 0.25) is 0 Å². The number of aromatic nitrogens is 4. The number of carbonyl (C=O) groups is 2. The fraction of sp³-hybridized carbons (Fsp3) is 0.571. The average Bonchev–Trinajstić information content (AvgIpc) is 3.39. The lowest BCUT2D eigenvalue weighted by Gasteiger charge is -2.42. The van der Waals surface area contributed by atoms with Crippen molar-refractivity contribution in [3.05, 3.63) is 30.6 Å². The molecule has 31 heavy (non-hydrogen) atoms. The van der Waals surface area contributed by atoms with Crippen molar-refractivity contribution < 1.29 is 19.1 Å². The number of nitrogens with zero attached hydrogens (tertiary/aromatic N) is 6. The number of ether oxygens (including phenoxy) is 2. The quantitative estimate of drug-likeness (QED) is 0.717. The lowest BCUT2D eigenvalue weighted by atomic mass is 9.80. The van der Waals surface area contributed by atoms with Gasteiger partial charge >= 0.3 is 0 Å². The number of piperazine rings is 1. The maximum atomic E-state index is 13.6. The lowest BCUT2D eigenvalue weighted by Crippen LogP contribution is -2.59. The number of hydrogen-bond donors (Lipinski definition) is 0. The Hall–Kier alpha value is -3.17. The third-order valence-corrected chi connectivity index (χ3v) is 6.53. The van der Waals surface area contributed by atoms with E-state index in [0.29, 0.717) is 37.7 Å². The van der Waals surface area contributed by atoms with Crippen LogP contribution in [0.15, 0.2) is 30.6 Å². The highest BCUT2D eigenvalue weighted by Crippen LogP contribution is 2.36. The smallest absolute Gasteiger partial charge is 0.267 e. The highest BCUT2D eigenvalue weighted by atomic mass is 16.6. The monoisotopic (exact) mass is 426 g/mol. The number of benzene rings is 1. The van der Waals surface area contributed by atoms with Crippen molar-refractivity contribution in [2.24, 2.45) is 0 Å². The van der Waals surface area contributed by atoms with E-state index in [9.17, 15) is 9.59 Å². The van der Waals surface area contributed by atoms with E-state index in [1.165, 1.54) is 0 Å². The normalized spacial score (nSPS) is 22.8. The van der Waals surface area contributed by atoms with Crippen LogP contribution in [0.1, 0.15) is 32.1 Å². The minimum Gasteiger partial charge on any atom is -0.485 e. The van der Waals surface area contributed by atoms with Gasteiger partial charge in [0.25, 0.3) is 11.8 Å². The fourth-order valence-corrected chi connectivity index (χ4v) is 4.80. The van der Waals surface area contributed by atoms with E-state index < -0.39 is 11.6 Å². The standard InChI is InChI=1S/C21H26N6O4/c28-19(18-14-30-16-6-2-3-7-17(16)31-18)25-10-12-26(13-11-25)20(29)21(8-4-1-5-9-21)27-15-22-23-24-27/h2-3,6-7,15,18H,1,4-5,8-14H2/t18-/m0/s1. The van der Waals surface area contributed by atoms with Gasteiger partial charge in [-0.3, -0.25) is 9.59 Å². The van der Waals surface area contributed by atoms with Gasteiger partial charge in [0, 0.05) is 26.2 Å². The second-order valence-corrected chi connectivity index (χ2v) is 8.33. The topological polar surface area (TPSA) is 103 Å². The van der Waals surface area contributed by atoms with E-state index in [1.807, 2.05) is 23.1 Å². The molecule has 1 atom stereocenters. The van der Waals surface area contributed by atoms with E-state index in [-0.39, 0.29) is 18.4 Å². The van der Waals surface area contributed by atoms with Crippen LogP contribution < -0.4 is 9.47 Å². The van der Waals surface area contributed by atoms with Gasteiger partial charge in [-0.1, -0.05) is 31.4 Å². The van der Waals surface area contributed by atoms with Gasteiger partial charge in [0.15, 0.2) is 11.5 Å². The Kier molecular flexibility index (Phi) is 5.21. The Bertz CT molecular complexity index is 935. The van der Waals surface area contributed by atoms with Gasteiger partial charge in [0.2, 0.25) is 6.10 Å². The molecule has 10 nitrogen and oxygen atoms in total. The van der Waals surface area contributed by atoms with Crippen LogP contribution in [0, 0.1) is 0 Å². The number of carbonyl (C=O) groups excluding carboxylic acids is 2. The van der Waals surface area contributed by atoms with E-state index >= 15 is 0 Å². The molecule has 10 heteroatoms. The third kappa shape index (κ3) is 3.60. The molecular weight excluding hydrogens is 400 g/mol. The Balaban J connectivity index is 1.23. The molecule has 0 unspecified atom stereocenters. The van der Waals surface area contributed by atoms with Gasteiger partial charge in [0.05, 0.1) is 0 Å². The molecule has 5 rings (SSSR count). The number of rotatable bonds is 3. The van der Waals surface area contributed by atoms with Crippen LogP contribution in [-0.4, -0.2) is 80.7 Å². The largest absolute Gasteiger partial charge is 0.485 e. The van der Waals surface area contributed by atoms with E-state index in [2.05, 4.69) is 15.5 Å². The fourth-order valence-electron chi connectivity index (χ4n) is 4.80. The van der Waals surface area contributed by atoms with Gasteiger partial charge in [-0.05, 0) is 35.4 Å². The Morgan fingerprint density at radius 3 is 2.39 bits per heavy atom. The van der Waals surface area contributed by atoms with Crippen molar-refractivity contribution in [3.8, 4) is 11.5 Å². The van der Waals surface area contributed by atoms with Crippen LogP contribution in [0.3, 0.4) is 0 Å². The first-order valence-corrected chi connectivity index (χ1v) is 10.9. The summed E-state index contributed by atoms with van der Waals surface area (Å²) >= 11 is 0. The molecule has 0 spiro atoms. The van der Waals surface area contributed by atoms with Crippen molar-refractivity contribution in [1.29, 1.82) is 0 Å². The van der Waals surface area contributed by atoms with Gasteiger partial charge in [-0.15, -0.1) is 5.10 Å². The molecule has 0 radical (unpaired) electrons. The molecule has 2 aromatic rings. The van der Waals surface area contributed by atoms with Crippen molar-refractivity contribution in [2.75, 3.05) is 32.8 Å². The number of hydrogen-bond acceptors (Lipinski definition) is 7. The van der Waals surface area contributed by atoms with Gasteiger partial charge in [0.1, 0.15) is 18.5 Å². The summed E-state index contributed by atoms with van der Waals surface area (Å²) in [6.45, 7) is 2.10. The van der Waals surface area contributed by atoms with E-state index in [4.69, 9.17) is 9.47 Å². The Labute approximate surface area is 180 Å². The zero-order valence-electron chi connectivity index (χ0n) is 17.4. The van der Waals surface area contributed by atoms with Crippen LogP contribution in [-0.2, 0) is 15.1 Å². The number of para-hydroxylation sites is 2. The van der Waals surface area contributed by atoms with Crippen molar-refractivity contribution >= 4 is 11.8 Å². The van der Waals surface area contributed by atoms with Crippen LogP contribution in [0.5, 0.6) is 11.5 Å². The van der Waals surface area contributed by atoms with Crippen molar-refractivity contribution in [3.63, 3.8) is 0 Å². The summed E-state index contributed by atoms with van der Waals surface area (Å²) in [6.07, 6.45) is 5.43. The molecule has 2 amide bonds. The molecule has 0 bridgehead atoms. The SMILES string of the molecule is O=C([C@@H]1COc2ccccc2O1)N1CCN(C(=O)C2(n3cnnn3)CCCCC2)CC1. The maximum Gasteiger partial charge on any atom is 0.267 e. The molecule has 1 saturated carbocycles. The molecule has 2 fully saturated rings. The maximum absolute atomic E-state index is 13.6.